The molecule has 0 aromatic heterocycles. The van der Waals surface area contributed by atoms with Crippen LogP contribution in [0.4, 0.5) is 0 Å². The van der Waals surface area contributed by atoms with Gasteiger partial charge in [-0.2, -0.15) is 0 Å². The molecule has 1 N–H and O–H groups in total. The molecule has 0 aromatic carbocycles. The molecule has 0 heterocycles. The van der Waals surface area contributed by atoms with Gasteiger partial charge in [0.15, 0.2) is 0 Å². The molecule has 0 aromatic rings. The van der Waals surface area contributed by atoms with Gasteiger partial charge in [-0.15, -0.1) is 11.6 Å². The molecule has 0 spiro atoms. The SMILES string of the molecule is CCC(CC)CNCC(C)Cl. The van der Waals surface area contributed by atoms with Crippen LogP contribution in [0.3, 0.4) is 0 Å². The molecule has 0 aliphatic heterocycles. The molecule has 0 rings (SSSR count). The van der Waals surface area contributed by atoms with Gasteiger partial charge in [0.05, 0.1) is 0 Å². The van der Waals surface area contributed by atoms with Crippen LogP contribution in [0.25, 0.3) is 0 Å². The van der Waals surface area contributed by atoms with Crippen molar-refractivity contribution in [1.29, 1.82) is 0 Å². The Morgan fingerprint density at radius 3 is 2.09 bits per heavy atom. The molecule has 0 radical (unpaired) electrons. The highest BCUT2D eigenvalue weighted by atomic mass is 35.5. The zero-order chi connectivity index (χ0) is 8.69. The third-order valence-corrected chi connectivity index (χ3v) is 2.17. The lowest BCUT2D eigenvalue weighted by Gasteiger charge is -2.13. The third kappa shape index (κ3) is 6.64. The Hall–Kier alpha value is 0.250. The molecule has 1 unspecified atom stereocenters. The summed E-state index contributed by atoms with van der Waals surface area (Å²) in [7, 11) is 0. The first-order chi connectivity index (χ1) is 5.20. The lowest BCUT2D eigenvalue weighted by Crippen LogP contribution is -2.27. The smallest absolute Gasteiger partial charge is 0.0432 e. The Morgan fingerprint density at radius 2 is 1.73 bits per heavy atom. The topological polar surface area (TPSA) is 12.0 Å². The minimum absolute atomic E-state index is 0.254. The van der Waals surface area contributed by atoms with E-state index in [0.29, 0.717) is 0 Å². The van der Waals surface area contributed by atoms with Crippen molar-refractivity contribution in [3.05, 3.63) is 0 Å². The molecule has 0 aliphatic carbocycles. The summed E-state index contributed by atoms with van der Waals surface area (Å²) < 4.78 is 0. The molecule has 0 aliphatic rings. The molecule has 0 saturated carbocycles. The average molecular weight is 178 g/mol. The van der Waals surface area contributed by atoms with Crippen LogP contribution in [0.15, 0.2) is 0 Å². The van der Waals surface area contributed by atoms with Crippen LogP contribution in [0.5, 0.6) is 0 Å². The predicted octanol–water partition coefficient (Wildman–Crippen LogP) is 2.64. The van der Waals surface area contributed by atoms with Gasteiger partial charge in [-0.3, -0.25) is 0 Å². The van der Waals surface area contributed by atoms with Crippen molar-refractivity contribution in [2.75, 3.05) is 13.1 Å². The summed E-state index contributed by atoms with van der Waals surface area (Å²) in [5.74, 6) is 0.824. The Labute approximate surface area is 75.5 Å². The lowest BCUT2D eigenvalue weighted by molar-refractivity contribution is 0.451. The van der Waals surface area contributed by atoms with Crippen LogP contribution < -0.4 is 5.32 Å². The highest BCUT2D eigenvalue weighted by Gasteiger charge is 2.02. The van der Waals surface area contributed by atoms with Crippen molar-refractivity contribution in [3.63, 3.8) is 0 Å². The van der Waals surface area contributed by atoms with Crippen LogP contribution in [-0.4, -0.2) is 18.5 Å². The fourth-order valence-electron chi connectivity index (χ4n) is 1.06. The largest absolute Gasteiger partial charge is 0.315 e. The summed E-state index contributed by atoms with van der Waals surface area (Å²) in [4.78, 5) is 0. The molecule has 0 bridgehead atoms. The summed E-state index contributed by atoms with van der Waals surface area (Å²) in [5, 5.41) is 3.61. The van der Waals surface area contributed by atoms with Gasteiger partial charge in [-0.25, -0.2) is 0 Å². The second-order valence-corrected chi connectivity index (χ2v) is 3.87. The van der Waals surface area contributed by atoms with Crippen LogP contribution in [0.2, 0.25) is 0 Å². The lowest BCUT2D eigenvalue weighted by atomic mass is 10.0. The molecule has 11 heavy (non-hydrogen) atoms. The Balaban J connectivity index is 3.21. The summed E-state index contributed by atoms with van der Waals surface area (Å²) in [6, 6.07) is 0. The quantitative estimate of drug-likeness (QED) is 0.616. The predicted molar refractivity (Wildman–Crippen MR) is 52.3 cm³/mol. The van der Waals surface area contributed by atoms with Gasteiger partial charge in [0.2, 0.25) is 0 Å². The van der Waals surface area contributed by atoms with Crippen molar-refractivity contribution in [1.82, 2.24) is 5.32 Å². The van der Waals surface area contributed by atoms with Crippen LogP contribution >= 0.6 is 11.6 Å². The van der Waals surface area contributed by atoms with Crippen molar-refractivity contribution >= 4 is 11.6 Å². The molecule has 1 atom stereocenters. The van der Waals surface area contributed by atoms with Gasteiger partial charge in [-0.1, -0.05) is 26.7 Å². The number of hydrogen-bond donors (Lipinski definition) is 1. The van der Waals surface area contributed by atoms with Crippen LogP contribution in [0, 0.1) is 5.92 Å². The summed E-state index contributed by atoms with van der Waals surface area (Å²) in [6.45, 7) is 8.53. The number of hydrogen-bond acceptors (Lipinski definition) is 1. The molecule has 0 saturated heterocycles. The van der Waals surface area contributed by atoms with E-state index < -0.39 is 0 Å². The first-order valence-electron chi connectivity index (χ1n) is 4.55. The minimum atomic E-state index is 0.254. The molecular weight excluding hydrogens is 158 g/mol. The number of rotatable bonds is 6. The van der Waals surface area contributed by atoms with Crippen molar-refractivity contribution < 1.29 is 0 Å². The standard InChI is InChI=1S/C9H20ClN/c1-4-9(5-2)7-11-6-8(3)10/h8-9,11H,4-7H2,1-3H3. The van der Waals surface area contributed by atoms with E-state index >= 15 is 0 Å². The highest BCUT2D eigenvalue weighted by Crippen LogP contribution is 2.05. The van der Waals surface area contributed by atoms with E-state index in [1.165, 1.54) is 12.8 Å². The third-order valence-electron chi connectivity index (χ3n) is 2.01. The van der Waals surface area contributed by atoms with E-state index in [0.717, 1.165) is 19.0 Å². The summed E-state index contributed by atoms with van der Waals surface area (Å²) in [6.07, 6.45) is 2.53. The van der Waals surface area contributed by atoms with E-state index in [1.807, 2.05) is 6.92 Å². The molecule has 68 valence electrons. The zero-order valence-corrected chi connectivity index (χ0v) is 8.62. The first kappa shape index (κ1) is 11.2. The zero-order valence-electron chi connectivity index (χ0n) is 7.86. The molecule has 2 heteroatoms. The first-order valence-corrected chi connectivity index (χ1v) is 4.99. The number of nitrogens with one attached hydrogen (secondary N) is 1. The van der Waals surface area contributed by atoms with Gasteiger partial charge in [0.1, 0.15) is 0 Å². The fourth-order valence-corrected chi connectivity index (χ4v) is 1.17. The monoisotopic (exact) mass is 177 g/mol. The molecule has 1 nitrogen and oxygen atoms in total. The van der Waals surface area contributed by atoms with Crippen LogP contribution in [0.1, 0.15) is 33.6 Å². The number of alkyl halides is 1. The second-order valence-electron chi connectivity index (χ2n) is 3.12. The average Bonchev–Trinajstić information content (AvgIpc) is 1.98. The van der Waals surface area contributed by atoms with Crippen molar-refractivity contribution in [2.45, 2.75) is 39.0 Å². The van der Waals surface area contributed by atoms with Gasteiger partial charge < -0.3 is 5.32 Å². The maximum absolute atomic E-state index is 5.79. The molecule has 0 fully saturated rings. The van der Waals surface area contributed by atoms with Gasteiger partial charge >= 0.3 is 0 Å². The minimum Gasteiger partial charge on any atom is -0.315 e. The van der Waals surface area contributed by atoms with E-state index in [1.54, 1.807) is 0 Å². The maximum atomic E-state index is 5.79. The van der Waals surface area contributed by atoms with E-state index in [4.69, 9.17) is 11.6 Å². The number of halogens is 1. The Morgan fingerprint density at radius 1 is 1.18 bits per heavy atom. The van der Waals surface area contributed by atoms with E-state index in [9.17, 15) is 0 Å². The van der Waals surface area contributed by atoms with E-state index in [2.05, 4.69) is 19.2 Å². The maximum Gasteiger partial charge on any atom is 0.0432 e. The highest BCUT2D eigenvalue weighted by molar-refractivity contribution is 6.20. The van der Waals surface area contributed by atoms with Gasteiger partial charge in [0.25, 0.3) is 0 Å². The second kappa shape index (κ2) is 6.93. The molecule has 0 amide bonds. The summed E-state index contributed by atoms with van der Waals surface area (Å²) >= 11 is 5.79. The van der Waals surface area contributed by atoms with Crippen molar-refractivity contribution in [2.24, 2.45) is 5.92 Å². The Kier molecular flexibility index (Phi) is 7.09. The van der Waals surface area contributed by atoms with Gasteiger partial charge in [-0.05, 0) is 19.4 Å². The van der Waals surface area contributed by atoms with Gasteiger partial charge in [0, 0.05) is 11.9 Å². The molecular formula is C9H20ClN. The Bertz CT molecular complexity index is 79.6. The fraction of sp³-hybridized carbons (Fsp3) is 1.00. The summed E-state index contributed by atoms with van der Waals surface area (Å²) in [5.41, 5.74) is 0. The van der Waals surface area contributed by atoms with Crippen LogP contribution in [-0.2, 0) is 0 Å². The van der Waals surface area contributed by atoms with Crippen molar-refractivity contribution in [3.8, 4) is 0 Å². The normalized spacial score (nSPS) is 13.9. The van der Waals surface area contributed by atoms with E-state index in [-0.39, 0.29) is 5.38 Å².